The number of carbonyl (C=O) groups is 2. The number of aliphatic hydroxyl groups excluding tert-OH is 1. The smallest absolute Gasteiger partial charge is 0.301 e. The van der Waals surface area contributed by atoms with Crippen molar-refractivity contribution in [3.05, 3.63) is 112 Å². The maximum Gasteiger partial charge on any atom is 0.301 e. The Hall–Kier alpha value is -5.06. The normalized spacial score (nSPS) is 17.1. The summed E-state index contributed by atoms with van der Waals surface area (Å²) < 4.78 is 23.8. The summed E-state index contributed by atoms with van der Waals surface area (Å²) in [6.45, 7) is 1.07. The Labute approximate surface area is 266 Å². The predicted octanol–water partition coefficient (Wildman–Crippen LogP) is 6.93. The van der Waals surface area contributed by atoms with Crippen molar-refractivity contribution in [2.75, 3.05) is 25.2 Å². The van der Waals surface area contributed by atoms with Crippen LogP contribution in [0.4, 0.5) is 5.13 Å². The van der Waals surface area contributed by atoms with Crippen LogP contribution in [0, 0.1) is 0 Å². The lowest BCUT2D eigenvalue weighted by Crippen LogP contribution is -2.29. The van der Waals surface area contributed by atoms with Crippen molar-refractivity contribution >= 4 is 55.7 Å². The number of amides is 1. The highest BCUT2D eigenvalue weighted by Crippen LogP contribution is 2.46. The number of Topliss-reactive ketones (excluding diaryl/α,β-unsaturated/α-hetero) is 1. The third-order valence-corrected chi connectivity index (χ3v) is 8.80. The number of rotatable bonds is 7. The standard InChI is InChI=1S/C34H25ClN2O7S/c1-41-26-15-20(7-11-24(26)44-18-19-5-3-2-4-6-19)30-29(31(38)21-8-12-25-27(16-21)43-14-13-42-25)32(39)33(40)37(30)34-36-23-10-9-22(35)17-28(23)45-34/h2-12,15-17,30,38H,13-14,18H2,1H3. The minimum absolute atomic E-state index is 0.103. The SMILES string of the molecule is COc1cc(C2C(=C(O)c3ccc4c(c3)OCCO4)C(=O)C(=O)N2c2nc3ccc(Cl)cc3s2)ccc1OCc1ccccc1. The molecule has 9 nitrogen and oxygen atoms in total. The molecule has 5 aromatic rings. The zero-order valence-electron chi connectivity index (χ0n) is 23.9. The van der Waals surface area contributed by atoms with Crippen LogP contribution in [0.1, 0.15) is 22.7 Å². The first kappa shape index (κ1) is 28.7. The van der Waals surface area contributed by atoms with Crippen LogP contribution in [-0.2, 0) is 16.2 Å². The fraction of sp³-hybridized carbons (Fsp3) is 0.147. The van der Waals surface area contributed by atoms with E-state index < -0.39 is 17.7 Å². The second-order valence-electron chi connectivity index (χ2n) is 10.3. The highest BCUT2D eigenvalue weighted by atomic mass is 35.5. The van der Waals surface area contributed by atoms with E-state index in [4.69, 9.17) is 30.5 Å². The number of benzene rings is 4. The summed E-state index contributed by atoms with van der Waals surface area (Å²) in [6.07, 6.45) is 0. The summed E-state index contributed by atoms with van der Waals surface area (Å²) >= 11 is 7.44. The fourth-order valence-corrected chi connectivity index (χ4v) is 6.66. The van der Waals surface area contributed by atoms with E-state index in [-0.39, 0.29) is 16.5 Å². The van der Waals surface area contributed by atoms with Gasteiger partial charge in [0, 0.05) is 10.6 Å². The Morgan fingerprint density at radius 1 is 0.978 bits per heavy atom. The average molecular weight is 641 g/mol. The fourth-order valence-electron chi connectivity index (χ4n) is 5.39. The second kappa shape index (κ2) is 11.8. The van der Waals surface area contributed by atoms with Crippen molar-refractivity contribution in [1.82, 2.24) is 4.98 Å². The van der Waals surface area contributed by atoms with Crippen molar-refractivity contribution in [1.29, 1.82) is 0 Å². The molecular weight excluding hydrogens is 616 g/mol. The van der Waals surface area contributed by atoms with Gasteiger partial charge in [-0.3, -0.25) is 14.5 Å². The Balaban J connectivity index is 1.35. The van der Waals surface area contributed by atoms with Crippen molar-refractivity contribution in [2.24, 2.45) is 0 Å². The number of fused-ring (bicyclic) bond motifs is 2. The summed E-state index contributed by atoms with van der Waals surface area (Å²) in [6, 6.07) is 23.9. The monoisotopic (exact) mass is 640 g/mol. The molecule has 4 aromatic carbocycles. The maximum atomic E-state index is 13.8. The second-order valence-corrected chi connectivity index (χ2v) is 11.8. The number of ketones is 1. The number of methoxy groups -OCH3 is 1. The number of ether oxygens (including phenoxy) is 4. The quantitative estimate of drug-likeness (QED) is 0.116. The third kappa shape index (κ3) is 5.32. The van der Waals surface area contributed by atoms with E-state index in [1.807, 2.05) is 30.3 Å². The van der Waals surface area contributed by atoms with E-state index in [0.29, 0.717) is 64.5 Å². The van der Waals surface area contributed by atoms with Crippen molar-refractivity contribution in [2.45, 2.75) is 12.6 Å². The van der Waals surface area contributed by atoms with Gasteiger partial charge in [0.15, 0.2) is 28.1 Å². The minimum Gasteiger partial charge on any atom is -0.507 e. The lowest BCUT2D eigenvalue weighted by atomic mass is 9.95. The van der Waals surface area contributed by atoms with E-state index in [1.54, 1.807) is 54.6 Å². The van der Waals surface area contributed by atoms with Gasteiger partial charge < -0.3 is 24.1 Å². The molecular formula is C34H25ClN2O7S. The molecule has 11 heteroatoms. The van der Waals surface area contributed by atoms with E-state index in [0.717, 1.165) is 10.3 Å². The van der Waals surface area contributed by atoms with Gasteiger partial charge in [-0.05, 0) is 59.7 Å². The minimum atomic E-state index is -1.04. The summed E-state index contributed by atoms with van der Waals surface area (Å²) in [7, 11) is 1.51. The highest BCUT2D eigenvalue weighted by molar-refractivity contribution is 7.22. The van der Waals surface area contributed by atoms with Crippen molar-refractivity contribution in [3.63, 3.8) is 0 Å². The van der Waals surface area contributed by atoms with Crippen molar-refractivity contribution in [3.8, 4) is 23.0 Å². The first-order valence-electron chi connectivity index (χ1n) is 14.0. The van der Waals surface area contributed by atoms with E-state index in [2.05, 4.69) is 4.98 Å². The molecule has 0 spiro atoms. The molecule has 0 saturated carbocycles. The van der Waals surface area contributed by atoms with E-state index >= 15 is 0 Å². The maximum absolute atomic E-state index is 13.8. The molecule has 0 radical (unpaired) electrons. The molecule has 0 bridgehead atoms. The van der Waals surface area contributed by atoms with Crippen LogP contribution < -0.4 is 23.8 Å². The van der Waals surface area contributed by atoms with Crippen LogP contribution in [0.25, 0.3) is 16.0 Å². The van der Waals surface area contributed by atoms with Gasteiger partial charge in [-0.15, -0.1) is 0 Å². The van der Waals surface area contributed by atoms with E-state index in [9.17, 15) is 14.7 Å². The van der Waals surface area contributed by atoms with Gasteiger partial charge >= 0.3 is 5.91 Å². The molecule has 1 atom stereocenters. The number of aliphatic hydroxyl groups is 1. The van der Waals surface area contributed by atoms with Crippen LogP contribution in [0.2, 0.25) is 5.02 Å². The number of anilines is 1. The molecule has 1 N–H and O–H groups in total. The van der Waals surface area contributed by atoms with Crippen LogP contribution in [0.5, 0.6) is 23.0 Å². The van der Waals surface area contributed by atoms with E-state index in [1.165, 1.54) is 23.3 Å². The Morgan fingerprint density at radius 3 is 2.58 bits per heavy atom. The summed E-state index contributed by atoms with van der Waals surface area (Å²) in [5.41, 5.74) is 2.30. The lowest BCUT2D eigenvalue weighted by molar-refractivity contribution is -0.132. The van der Waals surface area contributed by atoms with Gasteiger partial charge in [0.2, 0.25) is 0 Å². The van der Waals surface area contributed by atoms with Gasteiger partial charge in [0.1, 0.15) is 25.6 Å². The lowest BCUT2D eigenvalue weighted by Gasteiger charge is -2.24. The topological polar surface area (TPSA) is 107 Å². The Kier molecular flexibility index (Phi) is 7.52. The molecule has 45 heavy (non-hydrogen) atoms. The highest BCUT2D eigenvalue weighted by Gasteiger charge is 2.48. The Bertz CT molecular complexity index is 1990. The van der Waals surface area contributed by atoms with Crippen LogP contribution >= 0.6 is 22.9 Å². The number of thiazole rings is 1. The van der Waals surface area contributed by atoms with Gasteiger partial charge in [-0.2, -0.15) is 0 Å². The number of aromatic nitrogens is 1. The molecule has 0 aliphatic carbocycles. The average Bonchev–Trinajstić information content (AvgIpc) is 3.60. The van der Waals surface area contributed by atoms with Crippen LogP contribution in [0.15, 0.2) is 90.5 Å². The Morgan fingerprint density at radius 2 is 1.78 bits per heavy atom. The molecule has 1 aromatic heterocycles. The molecule has 7 rings (SSSR count). The first-order valence-corrected chi connectivity index (χ1v) is 15.2. The van der Waals surface area contributed by atoms with Gasteiger partial charge in [-0.25, -0.2) is 4.98 Å². The van der Waals surface area contributed by atoms with Crippen LogP contribution in [-0.4, -0.2) is 42.1 Å². The third-order valence-electron chi connectivity index (χ3n) is 7.55. The zero-order chi connectivity index (χ0) is 31.1. The van der Waals surface area contributed by atoms with Crippen molar-refractivity contribution < 1.29 is 33.6 Å². The zero-order valence-corrected chi connectivity index (χ0v) is 25.4. The molecule has 3 heterocycles. The largest absolute Gasteiger partial charge is 0.507 e. The molecule has 1 fully saturated rings. The molecule has 1 unspecified atom stereocenters. The predicted molar refractivity (Wildman–Crippen MR) is 171 cm³/mol. The summed E-state index contributed by atoms with van der Waals surface area (Å²) in [5.74, 6) is -0.210. The molecule has 2 aliphatic heterocycles. The first-order chi connectivity index (χ1) is 21.9. The number of halogens is 1. The molecule has 1 saturated heterocycles. The molecule has 1 amide bonds. The van der Waals surface area contributed by atoms with Gasteiger partial charge in [0.05, 0.1) is 28.9 Å². The number of hydrogen-bond acceptors (Lipinski definition) is 9. The summed E-state index contributed by atoms with van der Waals surface area (Å²) in [5, 5.41) is 12.5. The number of nitrogens with zero attached hydrogens (tertiary/aromatic N) is 2. The number of hydrogen-bond donors (Lipinski definition) is 1. The molecule has 2 aliphatic rings. The van der Waals surface area contributed by atoms with Crippen LogP contribution in [0.3, 0.4) is 0 Å². The number of carbonyl (C=O) groups excluding carboxylic acids is 2. The summed E-state index contributed by atoms with van der Waals surface area (Å²) in [4.78, 5) is 33.5. The van der Waals surface area contributed by atoms with Gasteiger partial charge in [0.25, 0.3) is 5.78 Å². The van der Waals surface area contributed by atoms with Gasteiger partial charge in [-0.1, -0.05) is 59.3 Å². The molecule has 226 valence electrons.